The Hall–Kier alpha value is -4.48. The number of amides is 1. The highest BCUT2D eigenvalue weighted by atomic mass is 19.4. The molecule has 0 bridgehead atoms. The summed E-state index contributed by atoms with van der Waals surface area (Å²) in [4.78, 5) is 13.2. The van der Waals surface area contributed by atoms with Crippen molar-refractivity contribution < 1.29 is 27.4 Å². The van der Waals surface area contributed by atoms with E-state index in [1.54, 1.807) is 29.8 Å². The van der Waals surface area contributed by atoms with Crippen molar-refractivity contribution in [2.45, 2.75) is 45.1 Å². The van der Waals surface area contributed by atoms with E-state index >= 15 is 0 Å². The van der Waals surface area contributed by atoms with Gasteiger partial charge in [-0.3, -0.25) is 9.48 Å². The molecule has 0 saturated heterocycles. The number of carbonyl (C=O) groups excluding carboxylic acids is 1. The van der Waals surface area contributed by atoms with E-state index in [-0.39, 0.29) is 17.9 Å². The van der Waals surface area contributed by atoms with Crippen LogP contribution in [-0.2, 0) is 6.54 Å². The Kier molecular flexibility index (Phi) is 7.17. The van der Waals surface area contributed by atoms with Gasteiger partial charge in [0.2, 0.25) is 0 Å². The smallest absolute Gasteiger partial charge is 0.410 e. The highest BCUT2D eigenvalue weighted by molar-refractivity contribution is 6.04. The number of nitrogens with zero attached hydrogens (tertiary/aromatic N) is 4. The first-order chi connectivity index (χ1) is 19.1. The fourth-order valence-corrected chi connectivity index (χ4v) is 4.94. The van der Waals surface area contributed by atoms with Crippen LogP contribution in [-0.4, -0.2) is 45.9 Å². The number of hydrogen-bond acceptors (Lipinski definition) is 6. The number of methoxy groups -OCH3 is 2. The van der Waals surface area contributed by atoms with Gasteiger partial charge in [-0.15, -0.1) is 0 Å². The molecule has 0 saturated carbocycles. The predicted octanol–water partition coefficient (Wildman–Crippen LogP) is 5.67. The molecule has 2 aromatic heterocycles. The number of benzene rings is 2. The van der Waals surface area contributed by atoms with E-state index in [4.69, 9.17) is 9.47 Å². The molecule has 9 nitrogen and oxygen atoms in total. The van der Waals surface area contributed by atoms with Crippen LogP contribution in [0.4, 0.5) is 24.7 Å². The van der Waals surface area contributed by atoms with E-state index < -0.39 is 24.2 Å². The largest absolute Gasteiger partial charge is 0.493 e. The number of aryl methyl sites for hydroxylation is 1. The molecule has 210 valence electrons. The Bertz CT molecular complexity index is 1530. The number of hydrogen-bond donors (Lipinski definition) is 2. The molecule has 0 spiro atoms. The molecule has 40 heavy (non-hydrogen) atoms. The van der Waals surface area contributed by atoms with Gasteiger partial charge in [-0.1, -0.05) is 36.4 Å². The molecule has 5 rings (SSSR count). The van der Waals surface area contributed by atoms with Gasteiger partial charge in [0.15, 0.2) is 23.2 Å². The third-order valence-corrected chi connectivity index (χ3v) is 7.03. The summed E-state index contributed by atoms with van der Waals surface area (Å²) in [6, 6.07) is 13.4. The first-order valence-corrected chi connectivity index (χ1v) is 12.6. The van der Waals surface area contributed by atoms with Crippen LogP contribution in [0.25, 0.3) is 0 Å². The number of ether oxygens (including phenoxy) is 2. The summed E-state index contributed by atoms with van der Waals surface area (Å²) < 4.78 is 55.7. The van der Waals surface area contributed by atoms with Crippen LogP contribution >= 0.6 is 0 Å². The second-order valence-corrected chi connectivity index (χ2v) is 9.61. The Labute approximate surface area is 228 Å². The molecule has 2 N–H and O–H groups in total. The molecule has 0 fully saturated rings. The minimum Gasteiger partial charge on any atom is -0.493 e. The maximum Gasteiger partial charge on any atom is 0.410 e. The Balaban J connectivity index is 1.41. The van der Waals surface area contributed by atoms with Crippen LogP contribution in [0.15, 0.2) is 54.6 Å². The molecule has 4 aromatic rings. The molecule has 3 heterocycles. The summed E-state index contributed by atoms with van der Waals surface area (Å²) in [6.45, 7) is 4.10. The third kappa shape index (κ3) is 5.21. The lowest BCUT2D eigenvalue weighted by Gasteiger charge is -2.33. The van der Waals surface area contributed by atoms with Crippen LogP contribution in [0.3, 0.4) is 0 Å². The number of anilines is 2. The molecule has 1 aliphatic rings. The van der Waals surface area contributed by atoms with E-state index in [9.17, 15) is 18.0 Å². The van der Waals surface area contributed by atoms with Crippen molar-refractivity contribution in [2.75, 3.05) is 24.9 Å². The number of fused-ring (bicyclic) bond motifs is 1. The van der Waals surface area contributed by atoms with Crippen molar-refractivity contribution in [1.82, 2.24) is 19.6 Å². The maximum absolute atomic E-state index is 14.2. The molecule has 0 unspecified atom stereocenters. The van der Waals surface area contributed by atoms with Gasteiger partial charge in [0.25, 0.3) is 5.91 Å². The Morgan fingerprint density at radius 1 is 1.05 bits per heavy atom. The zero-order valence-corrected chi connectivity index (χ0v) is 22.4. The van der Waals surface area contributed by atoms with Crippen molar-refractivity contribution in [3.8, 4) is 11.5 Å². The van der Waals surface area contributed by atoms with Crippen molar-refractivity contribution in [3.63, 3.8) is 0 Å². The number of aromatic nitrogens is 4. The van der Waals surface area contributed by atoms with Crippen molar-refractivity contribution in [2.24, 2.45) is 0 Å². The lowest BCUT2D eigenvalue weighted by Crippen LogP contribution is -2.35. The first-order valence-electron chi connectivity index (χ1n) is 12.6. The fourth-order valence-electron chi connectivity index (χ4n) is 4.94. The van der Waals surface area contributed by atoms with Gasteiger partial charge < -0.3 is 20.1 Å². The summed E-state index contributed by atoms with van der Waals surface area (Å²) >= 11 is 0. The lowest BCUT2D eigenvalue weighted by molar-refractivity contribution is -0.173. The lowest BCUT2D eigenvalue weighted by atomic mass is 9.96. The van der Waals surface area contributed by atoms with Crippen LogP contribution in [0.2, 0.25) is 0 Å². The SMILES string of the molecule is COc1ccc([C@@H]2C[C@@H](C(F)(F)F)n3nc(C(=O)Nc4c(C)nn(Cc5ccccc5)c4C)cc3N2)cc1OC. The van der Waals surface area contributed by atoms with Gasteiger partial charge in [0.1, 0.15) is 5.82 Å². The molecule has 0 radical (unpaired) electrons. The van der Waals surface area contributed by atoms with Gasteiger partial charge in [-0.2, -0.15) is 23.4 Å². The quantitative estimate of drug-likeness (QED) is 0.306. The zero-order valence-electron chi connectivity index (χ0n) is 22.4. The van der Waals surface area contributed by atoms with E-state index in [0.717, 1.165) is 15.9 Å². The molecular weight excluding hydrogens is 525 g/mol. The van der Waals surface area contributed by atoms with Crippen molar-refractivity contribution >= 4 is 17.4 Å². The number of nitrogens with one attached hydrogen (secondary N) is 2. The average Bonchev–Trinajstić information content (AvgIpc) is 3.48. The Morgan fingerprint density at radius 3 is 2.45 bits per heavy atom. The van der Waals surface area contributed by atoms with E-state index in [1.807, 2.05) is 37.3 Å². The fraction of sp³-hybridized carbons (Fsp3) is 0.321. The third-order valence-electron chi connectivity index (χ3n) is 7.03. The minimum absolute atomic E-state index is 0.0896. The number of rotatable bonds is 7. The van der Waals surface area contributed by atoms with Crippen LogP contribution in [0.5, 0.6) is 11.5 Å². The average molecular weight is 555 g/mol. The maximum atomic E-state index is 14.2. The standard InChI is InChI=1S/C28H29F3N6O3/c1-16-26(17(2)36(34-16)15-18-8-6-5-7-9-18)33-27(38)21-14-25-32-20(13-24(28(29,30)31)37(25)35-21)19-10-11-22(39-3)23(12-19)40-4/h5-12,14,20,24,32H,13,15H2,1-4H3,(H,33,38)/t20-,24-/m0/s1. The molecule has 2 aromatic carbocycles. The number of halogens is 3. The van der Waals surface area contributed by atoms with E-state index in [1.165, 1.54) is 20.3 Å². The molecule has 1 aliphatic heterocycles. The summed E-state index contributed by atoms with van der Waals surface area (Å²) in [5, 5.41) is 14.5. The van der Waals surface area contributed by atoms with Crippen LogP contribution in [0.1, 0.15) is 51.5 Å². The molecule has 0 aliphatic carbocycles. The van der Waals surface area contributed by atoms with E-state index in [2.05, 4.69) is 20.8 Å². The molecule has 1 amide bonds. The van der Waals surface area contributed by atoms with Crippen molar-refractivity contribution in [1.29, 1.82) is 0 Å². The zero-order chi connectivity index (χ0) is 28.6. The van der Waals surface area contributed by atoms with Gasteiger partial charge >= 0.3 is 6.18 Å². The molecule has 2 atom stereocenters. The van der Waals surface area contributed by atoms with Crippen LogP contribution in [0, 0.1) is 13.8 Å². The number of alkyl halides is 3. The first kappa shape index (κ1) is 27.1. The monoisotopic (exact) mass is 554 g/mol. The van der Waals surface area contributed by atoms with E-state index in [0.29, 0.717) is 35.0 Å². The normalized spacial score (nSPS) is 16.7. The predicted molar refractivity (Wildman–Crippen MR) is 143 cm³/mol. The minimum atomic E-state index is -4.59. The molecule has 12 heteroatoms. The van der Waals surface area contributed by atoms with Gasteiger partial charge in [0.05, 0.1) is 43.9 Å². The summed E-state index contributed by atoms with van der Waals surface area (Å²) in [6.07, 6.45) is -4.91. The highest BCUT2D eigenvalue weighted by Crippen LogP contribution is 2.44. The molecular formula is C28H29F3N6O3. The Morgan fingerprint density at radius 2 is 1.77 bits per heavy atom. The summed E-state index contributed by atoms with van der Waals surface area (Å²) in [5.41, 5.74) is 3.29. The topological polar surface area (TPSA) is 95.2 Å². The van der Waals surface area contributed by atoms with Gasteiger partial charge in [-0.25, -0.2) is 4.68 Å². The number of carbonyl (C=O) groups is 1. The second kappa shape index (κ2) is 10.6. The van der Waals surface area contributed by atoms with Crippen molar-refractivity contribution in [3.05, 3.63) is 82.8 Å². The summed E-state index contributed by atoms with van der Waals surface area (Å²) in [7, 11) is 2.95. The van der Waals surface area contributed by atoms with Gasteiger partial charge in [0, 0.05) is 12.5 Å². The van der Waals surface area contributed by atoms with Gasteiger partial charge in [-0.05, 0) is 37.1 Å². The summed E-state index contributed by atoms with van der Waals surface area (Å²) in [5.74, 6) is 0.337. The second-order valence-electron chi connectivity index (χ2n) is 9.61. The highest BCUT2D eigenvalue weighted by Gasteiger charge is 2.47. The van der Waals surface area contributed by atoms with Crippen LogP contribution < -0.4 is 20.1 Å².